The van der Waals surface area contributed by atoms with Gasteiger partial charge in [0.2, 0.25) is 5.78 Å². The van der Waals surface area contributed by atoms with Gasteiger partial charge in [-0.05, 0) is 87.0 Å². The number of esters is 1. The molecule has 5 rings (SSSR count). The summed E-state index contributed by atoms with van der Waals surface area (Å²) < 4.78 is 10.7. The van der Waals surface area contributed by atoms with E-state index in [0.717, 1.165) is 11.8 Å². The van der Waals surface area contributed by atoms with Gasteiger partial charge >= 0.3 is 5.97 Å². The van der Waals surface area contributed by atoms with Crippen LogP contribution >= 0.6 is 0 Å². The highest BCUT2D eigenvalue weighted by Gasteiger charge is 2.51. The largest absolute Gasteiger partial charge is 0.497 e. The molecule has 4 heteroatoms. The van der Waals surface area contributed by atoms with Crippen LogP contribution in [0.1, 0.15) is 49.4 Å². The van der Waals surface area contributed by atoms with E-state index in [1.165, 1.54) is 32.1 Å². The highest BCUT2D eigenvalue weighted by Crippen LogP contribution is 2.56. The smallest absolute Gasteiger partial charge is 0.310 e. The van der Waals surface area contributed by atoms with Gasteiger partial charge in [-0.3, -0.25) is 9.59 Å². The van der Waals surface area contributed by atoms with Gasteiger partial charge < -0.3 is 9.47 Å². The first-order valence-electron chi connectivity index (χ1n) is 9.44. The summed E-state index contributed by atoms with van der Waals surface area (Å²) >= 11 is 0. The van der Waals surface area contributed by atoms with Gasteiger partial charge in [-0.2, -0.15) is 0 Å². The van der Waals surface area contributed by atoms with Gasteiger partial charge in [-0.15, -0.1) is 0 Å². The van der Waals surface area contributed by atoms with E-state index in [0.29, 0.717) is 23.1 Å². The first-order valence-corrected chi connectivity index (χ1v) is 9.44. The fourth-order valence-corrected chi connectivity index (χ4v) is 5.61. The van der Waals surface area contributed by atoms with Crippen molar-refractivity contribution in [2.75, 3.05) is 7.11 Å². The van der Waals surface area contributed by atoms with E-state index in [2.05, 4.69) is 0 Å². The molecule has 1 atom stereocenters. The standard InChI is InChI=1S/C21H26O4/c1-12(20(22)15-3-5-18(24-2)6-4-15)25-21(23)19-16-8-13-7-14(10-16)11-17(19)9-13/h3-6,12-14,16-17,19H,7-11H2,1-2H3/t12-,13?,14?,16?,17?,19?/m1/s1. The lowest BCUT2D eigenvalue weighted by Gasteiger charge is -2.53. The first-order chi connectivity index (χ1) is 12.0. The first kappa shape index (κ1) is 16.6. The maximum Gasteiger partial charge on any atom is 0.310 e. The molecule has 4 fully saturated rings. The SMILES string of the molecule is COc1ccc(C(=O)[C@@H](C)OC(=O)C2C3CC4CC(C3)CC2C4)cc1. The molecule has 4 aliphatic carbocycles. The molecule has 0 amide bonds. The molecule has 4 nitrogen and oxygen atoms in total. The lowest BCUT2D eigenvalue weighted by atomic mass is 9.52. The normalized spacial score (nSPS) is 33.8. The molecule has 0 N–H and O–H groups in total. The monoisotopic (exact) mass is 342 g/mol. The minimum atomic E-state index is -0.738. The zero-order valence-corrected chi connectivity index (χ0v) is 14.9. The number of ether oxygens (including phenoxy) is 2. The Kier molecular flexibility index (Phi) is 4.30. The second-order valence-corrected chi connectivity index (χ2v) is 8.13. The topological polar surface area (TPSA) is 52.6 Å². The van der Waals surface area contributed by atoms with E-state index in [9.17, 15) is 9.59 Å². The van der Waals surface area contributed by atoms with Gasteiger partial charge in [0.05, 0.1) is 13.0 Å². The predicted molar refractivity (Wildman–Crippen MR) is 93.4 cm³/mol. The minimum Gasteiger partial charge on any atom is -0.497 e. The summed E-state index contributed by atoms with van der Waals surface area (Å²) in [5.74, 6) is 3.02. The van der Waals surface area contributed by atoms with Gasteiger partial charge in [-0.25, -0.2) is 0 Å². The van der Waals surface area contributed by atoms with Gasteiger partial charge in [0, 0.05) is 5.56 Å². The van der Waals surface area contributed by atoms with Gasteiger partial charge in [-0.1, -0.05) is 0 Å². The van der Waals surface area contributed by atoms with Crippen molar-refractivity contribution in [1.29, 1.82) is 0 Å². The van der Waals surface area contributed by atoms with Crippen molar-refractivity contribution in [2.24, 2.45) is 29.6 Å². The summed E-state index contributed by atoms with van der Waals surface area (Å²) in [4.78, 5) is 25.3. The second kappa shape index (κ2) is 6.47. The van der Waals surface area contributed by atoms with E-state index in [1.54, 1.807) is 38.3 Å². The Morgan fingerprint density at radius 3 is 2.04 bits per heavy atom. The molecule has 0 heterocycles. The van der Waals surface area contributed by atoms with E-state index >= 15 is 0 Å². The number of methoxy groups -OCH3 is 1. The summed E-state index contributed by atoms with van der Waals surface area (Å²) in [5.41, 5.74) is 0.547. The minimum absolute atomic E-state index is 0.0129. The second-order valence-electron chi connectivity index (χ2n) is 8.13. The summed E-state index contributed by atoms with van der Waals surface area (Å²) in [6.07, 6.45) is 5.32. The molecule has 134 valence electrons. The maximum absolute atomic E-state index is 12.8. The zero-order valence-electron chi connectivity index (χ0n) is 14.9. The molecule has 0 unspecified atom stereocenters. The molecule has 1 aromatic rings. The van der Waals surface area contributed by atoms with Crippen molar-refractivity contribution in [2.45, 2.75) is 45.1 Å². The van der Waals surface area contributed by atoms with Crippen LogP contribution in [0.2, 0.25) is 0 Å². The Bertz CT molecular complexity index is 635. The Labute approximate surface area is 148 Å². The quantitative estimate of drug-likeness (QED) is 0.602. The molecule has 4 saturated carbocycles. The Hall–Kier alpha value is -1.84. The summed E-state index contributed by atoms with van der Waals surface area (Å²) in [6, 6.07) is 6.93. The molecular formula is C21H26O4. The number of rotatable bonds is 5. The van der Waals surface area contributed by atoms with E-state index < -0.39 is 6.10 Å². The Morgan fingerprint density at radius 2 is 1.52 bits per heavy atom. The molecule has 0 radical (unpaired) electrons. The fraction of sp³-hybridized carbons (Fsp3) is 0.619. The van der Waals surface area contributed by atoms with Gasteiger partial charge in [0.1, 0.15) is 5.75 Å². The molecule has 0 spiro atoms. The molecule has 25 heavy (non-hydrogen) atoms. The molecular weight excluding hydrogens is 316 g/mol. The highest BCUT2D eigenvalue weighted by atomic mass is 16.5. The van der Waals surface area contributed by atoms with Crippen molar-refractivity contribution in [3.63, 3.8) is 0 Å². The number of ketones is 1. The highest BCUT2D eigenvalue weighted by molar-refractivity contribution is 6.00. The van der Waals surface area contributed by atoms with Crippen molar-refractivity contribution in [1.82, 2.24) is 0 Å². The zero-order chi connectivity index (χ0) is 17.6. The van der Waals surface area contributed by atoms with Crippen LogP contribution in [0.3, 0.4) is 0 Å². The number of carbonyl (C=O) groups excluding carboxylic acids is 2. The molecule has 4 bridgehead atoms. The van der Waals surface area contributed by atoms with E-state index in [1.807, 2.05) is 0 Å². The van der Waals surface area contributed by atoms with Crippen molar-refractivity contribution >= 4 is 11.8 Å². The third kappa shape index (κ3) is 3.07. The molecule has 0 saturated heterocycles. The van der Waals surface area contributed by atoms with Crippen LogP contribution in [0.4, 0.5) is 0 Å². The maximum atomic E-state index is 12.8. The lowest BCUT2D eigenvalue weighted by molar-refractivity contribution is -0.165. The van der Waals surface area contributed by atoms with Crippen LogP contribution in [0.15, 0.2) is 24.3 Å². The molecule has 0 aliphatic heterocycles. The van der Waals surface area contributed by atoms with Crippen LogP contribution in [-0.4, -0.2) is 25.0 Å². The Balaban J connectivity index is 1.40. The molecule has 0 aromatic heterocycles. The summed E-state index contributed by atoms with van der Waals surface area (Å²) in [5, 5.41) is 0. The third-order valence-electron chi connectivity index (χ3n) is 6.54. The van der Waals surface area contributed by atoms with Crippen LogP contribution < -0.4 is 4.74 Å². The van der Waals surface area contributed by atoms with Crippen LogP contribution in [-0.2, 0) is 9.53 Å². The van der Waals surface area contributed by atoms with Crippen molar-refractivity contribution < 1.29 is 19.1 Å². The number of hydrogen-bond donors (Lipinski definition) is 0. The summed E-state index contributed by atoms with van der Waals surface area (Å²) in [7, 11) is 1.59. The van der Waals surface area contributed by atoms with Crippen LogP contribution in [0.25, 0.3) is 0 Å². The Morgan fingerprint density at radius 1 is 0.960 bits per heavy atom. The van der Waals surface area contributed by atoms with Crippen molar-refractivity contribution in [3.05, 3.63) is 29.8 Å². The summed E-state index contributed by atoms with van der Waals surface area (Å²) in [6.45, 7) is 1.68. The third-order valence-corrected chi connectivity index (χ3v) is 6.54. The number of hydrogen-bond acceptors (Lipinski definition) is 4. The van der Waals surface area contributed by atoms with Crippen molar-refractivity contribution in [3.8, 4) is 5.75 Å². The van der Waals surface area contributed by atoms with Gasteiger partial charge in [0.15, 0.2) is 6.10 Å². The number of Topliss-reactive ketones (excluding diaryl/α,β-unsaturated/α-hetero) is 1. The molecule has 4 aliphatic rings. The lowest BCUT2D eigenvalue weighted by Crippen LogP contribution is -2.49. The van der Waals surface area contributed by atoms with Crippen LogP contribution in [0.5, 0.6) is 5.75 Å². The van der Waals surface area contributed by atoms with Crippen LogP contribution in [0, 0.1) is 29.6 Å². The predicted octanol–water partition coefficient (Wildman–Crippen LogP) is 3.88. The van der Waals surface area contributed by atoms with E-state index in [4.69, 9.17) is 9.47 Å². The van der Waals surface area contributed by atoms with E-state index in [-0.39, 0.29) is 17.7 Å². The fourth-order valence-electron chi connectivity index (χ4n) is 5.61. The number of carbonyl (C=O) groups is 2. The average Bonchev–Trinajstić information content (AvgIpc) is 2.60. The molecule has 1 aromatic carbocycles. The van der Waals surface area contributed by atoms with Gasteiger partial charge in [0.25, 0.3) is 0 Å². The average molecular weight is 342 g/mol. The number of benzene rings is 1.